The molecule has 3 amide bonds. The monoisotopic (exact) mass is 442 g/mol. The number of carboxylic acid groups (broad SMARTS) is 1. The van der Waals surface area contributed by atoms with Crippen LogP contribution in [-0.4, -0.2) is 48.4 Å². The molecule has 0 aromatic heterocycles. The number of carbonyl (C=O) groups is 4. The Balaban J connectivity index is 0.00000118. The van der Waals surface area contributed by atoms with Crippen LogP contribution in [0.15, 0.2) is 54.6 Å². The van der Waals surface area contributed by atoms with Gasteiger partial charge in [0, 0.05) is 38.5 Å². The summed E-state index contributed by atoms with van der Waals surface area (Å²) < 4.78 is 0. The molecule has 0 aliphatic rings. The lowest BCUT2D eigenvalue weighted by molar-refractivity contribution is -0.134. The van der Waals surface area contributed by atoms with Crippen LogP contribution in [0.25, 0.3) is 0 Å². The predicted molar refractivity (Wildman–Crippen MR) is 121 cm³/mol. The van der Waals surface area contributed by atoms with Crippen LogP contribution in [0.5, 0.6) is 0 Å². The van der Waals surface area contributed by atoms with E-state index in [2.05, 4.69) is 16.0 Å². The lowest BCUT2D eigenvalue weighted by Gasteiger charge is -2.08. The van der Waals surface area contributed by atoms with Gasteiger partial charge in [0.05, 0.1) is 6.54 Å². The maximum atomic E-state index is 12.0. The number of nitrogens with two attached hydrogens (primary N) is 1. The minimum Gasteiger partial charge on any atom is -0.481 e. The molecule has 9 nitrogen and oxygen atoms in total. The number of benzene rings is 2. The van der Waals surface area contributed by atoms with E-state index in [0.717, 1.165) is 18.1 Å². The molecule has 0 spiro atoms. The van der Waals surface area contributed by atoms with E-state index in [1.165, 1.54) is 0 Å². The van der Waals surface area contributed by atoms with Crippen molar-refractivity contribution in [2.24, 2.45) is 5.73 Å². The lowest BCUT2D eigenvalue weighted by atomic mass is 10.1. The van der Waals surface area contributed by atoms with E-state index in [-0.39, 0.29) is 24.3 Å². The molecule has 0 atom stereocenters. The van der Waals surface area contributed by atoms with Crippen molar-refractivity contribution in [2.45, 2.75) is 26.3 Å². The van der Waals surface area contributed by atoms with E-state index in [1.807, 2.05) is 30.3 Å². The third kappa shape index (κ3) is 12.1. The van der Waals surface area contributed by atoms with Crippen molar-refractivity contribution >= 4 is 23.7 Å². The Kier molecular flexibility index (Phi) is 12.4. The number of hydrogen-bond donors (Lipinski definition) is 5. The molecule has 0 radical (unpaired) electrons. The van der Waals surface area contributed by atoms with Crippen LogP contribution in [-0.2, 0) is 27.3 Å². The summed E-state index contributed by atoms with van der Waals surface area (Å²) in [5.41, 5.74) is 8.02. The number of aliphatic carboxylic acids is 1. The number of rotatable bonds is 10. The van der Waals surface area contributed by atoms with E-state index in [1.54, 1.807) is 24.3 Å². The molecule has 32 heavy (non-hydrogen) atoms. The fourth-order valence-electron chi connectivity index (χ4n) is 2.51. The van der Waals surface area contributed by atoms with Crippen molar-refractivity contribution < 1.29 is 24.3 Å². The van der Waals surface area contributed by atoms with Crippen LogP contribution >= 0.6 is 0 Å². The zero-order valence-electron chi connectivity index (χ0n) is 18.1. The van der Waals surface area contributed by atoms with E-state index in [4.69, 9.17) is 15.6 Å². The molecule has 9 heteroatoms. The zero-order chi connectivity index (χ0) is 23.8. The minimum atomic E-state index is -0.833. The molecule has 0 aliphatic heterocycles. The molecule has 0 unspecified atom stereocenters. The smallest absolute Gasteiger partial charge is 0.300 e. The second kappa shape index (κ2) is 15.1. The summed E-state index contributed by atoms with van der Waals surface area (Å²) in [6.45, 7) is 2.01. The average molecular weight is 443 g/mol. The molecule has 172 valence electrons. The normalized spacial score (nSPS) is 9.69. The van der Waals surface area contributed by atoms with Crippen molar-refractivity contribution in [2.75, 3.05) is 19.6 Å². The van der Waals surface area contributed by atoms with Gasteiger partial charge in [-0.25, -0.2) is 0 Å². The van der Waals surface area contributed by atoms with Gasteiger partial charge < -0.3 is 26.8 Å². The summed E-state index contributed by atoms with van der Waals surface area (Å²) in [5, 5.41) is 15.4. The standard InChI is InChI=1S/C21H26N4O3.C2H4O2/c22-14-17-6-9-18(10-7-17)21(28)25-15-20(27)24-13-12-23-19(26)11-8-16-4-2-1-3-5-16;1-2(3)4/h1-7,9-10H,8,11-15,22H2,(H,23,26)(H,24,27)(H,25,28);1H3,(H,3,4). The maximum Gasteiger partial charge on any atom is 0.300 e. The third-order valence-electron chi connectivity index (χ3n) is 4.11. The summed E-state index contributed by atoms with van der Waals surface area (Å²) in [7, 11) is 0. The highest BCUT2D eigenvalue weighted by atomic mass is 16.4. The molecular weight excluding hydrogens is 412 g/mol. The molecule has 0 fully saturated rings. The van der Waals surface area contributed by atoms with Gasteiger partial charge in [0.15, 0.2) is 0 Å². The van der Waals surface area contributed by atoms with Gasteiger partial charge in [-0.3, -0.25) is 19.2 Å². The fraction of sp³-hybridized carbons (Fsp3) is 0.304. The molecule has 0 bridgehead atoms. The highest BCUT2D eigenvalue weighted by Gasteiger charge is 2.08. The predicted octanol–water partition coefficient (Wildman–Crippen LogP) is 0.831. The molecule has 2 aromatic carbocycles. The van der Waals surface area contributed by atoms with Crippen LogP contribution in [0.3, 0.4) is 0 Å². The summed E-state index contributed by atoms with van der Waals surface area (Å²) in [6.07, 6.45) is 1.08. The molecule has 0 saturated heterocycles. The van der Waals surface area contributed by atoms with Crippen molar-refractivity contribution in [3.8, 4) is 0 Å². The van der Waals surface area contributed by atoms with Gasteiger partial charge in [-0.15, -0.1) is 0 Å². The molecule has 0 aliphatic carbocycles. The van der Waals surface area contributed by atoms with Gasteiger partial charge in [0.25, 0.3) is 11.9 Å². The van der Waals surface area contributed by atoms with E-state index in [9.17, 15) is 14.4 Å². The highest BCUT2D eigenvalue weighted by molar-refractivity contribution is 5.96. The quantitative estimate of drug-likeness (QED) is 0.344. The topological polar surface area (TPSA) is 151 Å². The maximum absolute atomic E-state index is 12.0. The fourth-order valence-corrected chi connectivity index (χ4v) is 2.51. The van der Waals surface area contributed by atoms with Gasteiger partial charge in [-0.05, 0) is 29.7 Å². The van der Waals surface area contributed by atoms with Crippen LogP contribution < -0.4 is 21.7 Å². The van der Waals surface area contributed by atoms with E-state index in [0.29, 0.717) is 38.0 Å². The first kappa shape index (κ1) is 26.3. The lowest BCUT2D eigenvalue weighted by Crippen LogP contribution is -2.40. The van der Waals surface area contributed by atoms with E-state index >= 15 is 0 Å². The minimum absolute atomic E-state index is 0.0627. The Morgan fingerprint density at radius 2 is 1.38 bits per heavy atom. The molecule has 0 heterocycles. The second-order valence-electron chi connectivity index (χ2n) is 6.79. The van der Waals surface area contributed by atoms with Gasteiger partial charge in [0.2, 0.25) is 11.8 Å². The van der Waals surface area contributed by atoms with E-state index < -0.39 is 5.97 Å². The molecule has 2 rings (SSSR count). The Morgan fingerprint density at radius 1 is 0.812 bits per heavy atom. The van der Waals surface area contributed by atoms with Crippen molar-refractivity contribution in [3.05, 3.63) is 71.3 Å². The molecule has 2 aromatic rings. The van der Waals surface area contributed by atoms with Gasteiger partial charge in [0.1, 0.15) is 0 Å². The first-order valence-corrected chi connectivity index (χ1v) is 10.2. The van der Waals surface area contributed by atoms with Crippen molar-refractivity contribution in [1.29, 1.82) is 0 Å². The van der Waals surface area contributed by atoms with Crippen molar-refractivity contribution in [1.82, 2.24) is 16.0 Å². The van der Waals surface area contributed by atoms with Crippen molar-refractivity contribution in [3.63, 3.8) is 0 Å². The number of carbonyl (C=O) groups excluding carboxylic acids is 3. The summed E-state index contributed by atoms with van der Waals surface area (Å²) in [5.74, 6) is -1.54. The first-order chi connectivity index (χ1) is 15.3. The number of hydrogen-bond acceptors (Lipinski definition) is 5. The number of amides is 3. The zero-order valence-corrected chi connectivity index (χ0v) is 18.1. The summed E-state index contributed by atoms with van der Waals surface area (Å²) >= 11 is 0. The second-order valence-corrected chi connectivity index (χ2v) is 6.79. The summed E-state index contributed by atoms with van der Waals surface area (Å²) in [6, 6.07) is 16.7. The Labute approximate surface area is 187 Å². The largest absolute Gasteiger partial charge is 0.481 e. The highest BCUT2D eigenvalue weighted by Crippen LogP contribution is 2.03. The SMILES string of the molecule is CC(=O)O.NCc1ccc(C(=O)NCC(=O)NCCNC(=O)CCc2ccccc2)cc1. The molecule has 6 N–H and O–H groups in total. The van der Waals surface area contributed by atoms with Gasteiger partial charge in [-0.2, -0.15) is 0 Å². The van der Waals surface area contributed by atoms with Crippen LogP contribution in [0, 0.1) is 0 Å². The Morgan fingerprint density at radius 3 is 1.94 bits per heavy atom. The third-order valence-corrected chi connectivity index (χ3v) is 4.11. The molecular formula is C23H30N4O5. The summed E-state index contributed by atoms with van der Waals surface area (Å²) in [4.78, 5) is 44.5. The van der Waals surface area contributed by atoms with Crippen LogP contribution in [0.2, 0.25) is 0 Å². The number of nitrogens with one attached hydrogen (secondary N) is 3. The Hall–Kier alpha value is -3.72. The number of aryl methyl sites for hydroxylation is 1. The van der Waals surface area contributed by atoms with Gasteiger partial charge in [-0.1, -0.05) is 42.5 Å². The average Bonchev–Trinajstić information content (AvgIpc) is 2.79. The van der Waals surface area contributed by atoms with Gasteiger partial charge >= 0.3 is 0 Å². The first-order valence-electron chi connectivity index (χ1n) is 10.2. The van der Waals surface area contributed by atoms with Crippen LogP contribution in [0.4, 0.5) is 0 Å². The Bertz CT molecular complexity index is 866. The molecule has 0 saturated carbocycles. The number of carboxylic acids is 1. The van der Waals surface area contributed by atoms with Crippen LogP contribution in [0.1, 0.15) is 34.8 Å².